The zero-order valence-corrected chi connectivity index (χ0v) is 19.6. The average molecular weight is 496 g/mol. The fourth-order valence-electron chi connectivity index (χ4n) is 4.04. The minimum absolute atomic E-state index is 0.0175. The number of nitrogens with zero attached hydrogens (tertiary/aromatic N) is 5. The SMILES string of the molecule is CCON=C(C(=O)NC1C(=O)N2CC(CN3CC=CCC3)(C(=O)O)CS[C@H]12)c1nsc(N)n1. The highest BCUT2D eigenvalue weighted by molar-refractivity contribution is 8.00. The number of fused-ring (bicyclic) bond motifs is 1. The number of hydrogen-bond donors (Lipinski definition) is 3. The van der Waals surface area contributed by atoms with E-state index < -0.39 is 23.3 Å². The molecule has 1 aromatic heterocycles. The molecule has 4 rings (SSSR count). The smallest absolute Gasteiger partial charge is 0.313 e. The van der Waals surface area contributed by atoms with Crippen molar-refractivity contribution < 1.29 is 24.3 Å². The lowest BCUT2D eigenvalue weighted by Crippen LogP contribution is -2.74. The Hall–Kier alpha value is -2.71. The molecule has 0 aliphatic carbocycles. The van der Waals surface area contributed by atoms with Gasteiger partial charge in [-0.1, -0.05) is 17.3 Å². The summed E-state index contributed by atoms with van der Waals surface area (Å²) in [4.78, 5) is 50.6. The van der Waals surface area contributed by atoms with Crippen LogP contribution in [0.4, 0.5) is 5.13 Å². The van der Waals surface area contributed by atoms with Gasteiger partial charge in [-0.3, -0.25) is 19.3 Å². The van der Waals surface area contributed by atoms with Gasteiger partial charge in [0.25, 0.3) is 5.91 Å². The quantitative estimate of drug-likeness (QED) is 0.187. The van der Waals surface area contributed by atoms with Crippen LogP contribution >= 0.6 is 23.3 Å². The Labute approximate surface area is 198 Å². The van der Waals surface area contributed by atoms with E-state index in [1.165, 1.54) is 16.7 Å². The number of nitrogens with one attached hydrogen (secondary N) is 1. The number of nitrogens with two attached hydrogens (primary N) is 1. The van der Waals surface area contributed by atoms with Crippen molar-refractivity contribution in [3.05, 3.63) is 18.0 Å². The first-order valence-electron chi connectivity index (χ1n) is 10.5. The summed E-state index contributed by atoms with van der Waals surface area (Å²) >= 11 is 2.28. The van der Waals surface area contributed by atoms with E-state index in [0.29, 0.717) is 18.8 Å². The number of carbonyl (C=O) groups is 3. The molecule has 2 saturated heterocycles. The number of carboxylic acid groups (broad SMARTS) is 1. The molecule has 0 aromatic carbocycles. The van der Waals surface area contributed by atoms with Crippen molar-refractivity contribution in [1.82, 2.24) is 24.5 Å². The lowest BCUT2D eigenvalue weighted by molar-refractivity contribution is -0.159. The Bertz CT molecular complexity index is 999. The Morgan fingerprint density at radius 1 is 1.45 bits per heavy atom. The van der Waals surface area contributed by atoms with Crippen molar-refractivity contribution >= 4 is 51.9 Å². The number of amides is 2. The molecule has 2 unspecified atom stereocenters. The van der Waals surface area contributed by atoms with Gasteiger partial charge in [0.1, 0.15) is 23.4 Å². The lowest BCUT2D eigenvalue weighted by atomic mass is 9.86. The van der Waals surface area contributed by atoms with Crippen LogP contribution in [0.15, 0.2) is 17.3 Å². The molecule has 2 amide bonds. The van der Waals surface area contributed by atoms with Crippen LogP contribution in [0.1, 0.15) is 19.2 Å². The van der Waals surface area contributed by atoms with Gasteiger partial charge in [-0.15, -0.1) is 11.8 Å². The molecule has 3 atom stereocenters. The number of oxime groups is 1. The van der Waals surface area contributed by atoms with Crippen molar-refractivity contribution in [3.8, 4) is 0 Å². The number of carbonyl (C=O) groups excluding carboxylic acids is 2. The monoisotopic (exact) mass is 495 g/mol. The van der Waals surface area contributed by atoms with Gasteiger partial charge in [-0.2, -0.15) is 9.36 Å². The van der Waals surface area contributed by atoms with E-state index in [-0.39, 0.29) is 41.1 Å². The Morgan fingerprint density at radius 2 is 2.27 bits per heavy atom. The zero-order chi connectivity index (χ0) is 23.6. The number of rotatable bonds is 8. The van der Waals surface area contributed by atoms with Gasteiger partial charge < -0.3 is 25.9 Å². The van der Waals surface area contributed by atoms with Crippen LogP contribution < -0.4 is 11.1 Å². The van der Waals surface area contributed by atoms with Crippen molar-refractivity contribution in [1.29, 1.82) is 0 Å². The number of thioether (sulfide) groups is 1. The fraction of sp³-hybridized carbons (Fsp3) is 0.579. The molecule has 3 aliphatic rings. The predicted octanol–water partition coefficient (Wildman–Crippen LogP) is -0.406. The molecule has 12 nitrogen and oxygen atoms in total. The van der Waals surface area contributed by atoms with Crippen LogP contribution in [0.2, 0.25) is 0 Å². The summed E-state index contributed by atoms with van der Waals surface area (Å²) in [5.41, 5.74) is 4.38. The van der Waals surface area contributed by atoms with Crippen molar-refractivity contribution in [2.45, 2.75) is 24.8 Å². The summed E-state index contributed by atoms with van der Waals surface area (Å²) in [6, 6.07) is -0.796. The molecule has 4 heterocycles. The van der Waals surface area contributed by atoms with Crippen molar-refractivity contribution in [3.63, 3.8) is 0 Å². The summed E-state index contributed by atoms with van der Waals surface area (Å²) in [5, 5.41) is 16.3. The number of hydrogen-bond acceptors (Lipinski definition) is 11. The number of nitrogen functional groups attached to an aromatic ring is 1. The minimum Gasteiger partial charge on any atom is -0.481 e. The molecule has 0 bridgehead atoms. The van der Waals surface area contributed by atoms with Crippen LogP contribution in [0.25, 0.3) is 0 Å². The summed E-state index contributed by atoms with van der Waals surface area (Å²) in [5.74, 6) is -1.54. The topological polar surface area (TPSA) is 163 Å². The van der Waals surface area contributed by atoms with E-state index in [2.05, 4.69) is 30.8 Å². The predicted molar refractivity (Wildman–Crippen MR) is 123 cm³/mol. The fourth-order valence-corrected chi connectivity index (χ4v) is 6.00. The van der Waals surface area contributed by atoms with E-state index in [4.69, 9.17) is 10.6 Å². The standard InChI is InChI=1S/C19H25N7O5S2/c1-2-31-23-11(13-22-18(20)33-24-13)14(27)21-12-15(28)26-9-19(17(29)30,10-32-16(12)26)8-25-6-4-3-5-7-25/h3-4,12,16H,2,5-10H2,1H3,(H,21,27)(H,29,30)(H2,20,22,24)/t12?,16-,19?/m1/s1. The number of aromatic nitrogens is 2. The molecule has 33 heavy (non-hydrogen) atoms. The van der Waals surface area contributed by atoms with Gasteiger partial charge in [0, 0.05) is 43.5 Å². The van der Waals surface area contributed by atoms with Crippen LogP contribution in [0.3, 0.4) is 0 Å². The summed E-state index contributed by atoms with van der Waals surface area (Å²) in [6.45, 7) is 3.92. The maximum Gasteiger partial charge on any atom is 0.313 e. The van der Waals surface area contributed by atoms with Gasteiger partial charge in [0.05, 0.1) is 0 Å². The molecule has 0 spiro atoms. The Kier molecular flexibility index (Phi) is 6.86. The number of aliphatic carboxylic acids is 1. The molecule has 3 aliphatic heterocycles. The number of carboxylic acids is 1. The minimum atomic E-state index is -1.05. The van der Waals surface area contributed by atoms with Crippen LogP contribution in [0.5, 0.6) is 0 Å². The van der Waals surface area contributed by atoms with Crippen molar-refractivity contribution in [2.24, 2.45) is 10.6 Å². The zero-order valence-electron chi connectivity index (χ0n) is 18.0. The third-order valence-electron chi connectivity index (χ3n) is 5.71. The second-order valence-corrected chi connectivity index (χ2v) is 9.90. The highest BCUT2D eigenvalue weighted by atomic mass is 32.2. The van der Waals surface area contributed by atoms with E-state index >= 15 is 0 Å². The summed E-state index contributed by atoms with van der Waals surface area (Å²) in [6.07, 6.45) is 5.00. The van der Waals surface area contributed by atoms with Gasteiger partial charge in [0.2, 0.25) is 17.4 Å². The van der Waals surface area contributed by atoms with Crippen LogP contribution in [0, 0.1) is 5.41 Å². The van der Waals surface area contributed by atoms with E-state index in [1.54, 1.807) is 6.92 Å². The first kappa shape index (κ1) is 23.4. The molecule has 0 saturated carbocycles. The summed E-state index contributed by atoms with van der Waals surface area (Å²) in [7, 11) is 0. The van der Waals surface area contributed by atoms with Crippen LogP contribution in [-0.2, 0) is 19.2 Å². The maximum atomic E-state index is 12.9. The lowest BCUT2D eigenvalue weighted by Gasteiger charge is -2.54. The molecule has 14 heteroatoms. The Morgan fingerprint density at radius 3 is 2.91 bits per heavy atom. The largest absolute Gasteiger partial charge is 0.481 e. The third kappa shape index (κ3) is 4.68. The van der Waals surface area contributed by atoms with E-state index in [9.17, 15) is 19.5 Å². The third-order valence-corrected chi connectivity index (χ3v) is 7.84. The van der Waals surface area contributed by atoms with E-state index in [1.807, 2.05) is 6.08 Å². The molecular formula is C19H25N7O5S2. The van der Waals surface area contributed by atoms with E-state index in [0.717, 1.165) is 24.5 Å². The summed E-state index contributed by atoms with van der Waals surface area (Å²) < 4.78 is 3.99. The Balaban J connectivity index is 1.43. The molecular weight excluding hydrogens is 470 g/mol. The molecule has 2 fully saturated rings. The average Bonchev–Trinajstić information content (AvgIpc) is 3.24. The molecule has 1 aromatic rings. The highest BCUT2D eigenvalue weighted by Gasteiger charge is 2.58. The van der Waals surface area contributed by atoms with Gasteiger partial charge in [0.15, 0.2) is 5.13 Å². The second-order valence-electron chi connectivity index (χ2n) is 8.01. The maximum absolute atomic E-state index is 12.9. The first-order chi connectivity index (χ1) is 15.8. The molecule has 178 valence electrons. The van der Waals surface area contributed by atoms with Crippen LogP contribution in [-0.4, -0.2) is 97.7 Å². The molecule has 4 N–H and O–H groups in total. The van der Waals surface area contributed by atoms with Gasteiger partial charge >= 0.3 is 5.97 Å². The van der Waals surface area contributed by atoms with Gasteiger partial charge in [-0.25, -0.2) is 0 Å². The normalized spacial score (nSPS) is 27.6. The molecule has 0 radical (unpaired) electrons. The first-order valence-corrected chi connectivity index (χ1v) is 12.3. The number of anilines is 1. The second kappa shape index (κ2) is 9.65. The highest BCUT2D eigenvalue weighted by Crippen LogP contribution is 2.42. The van der Waals surface area contributed by atoms with Crippen molar-refractivity contribution in [2.75, 3.05) is 44.3 Å². The van der Waals surface area contributed by atoms with Gasteiger partial charge in [-0.05, 0) is 13.3 Å². The number of β-lactam (4-membered cyclic amide) rings is 1.